The summed E-state index contributed by atoms with van der Waals surface area (Å²) in [5, 5.41) is 4.30. The number of aromatic nitrogens is 2. The number of hydrogen-bond donors (Lipinski definition) is 1. The molecule has 0 saturated heterocycles. The summed E-state index contributed by atoms with van der Waals surface area (Å²) >= 11 is 0. The normalized spacial score (nSPS) is 12.3. The van der Waals surface area contributed by atoms with E-state index in [4.69, 9.17) is 5.73 Å². The van der Waals surface area contributed by atoms with Crippen LogP contribution in [-0.2, 0) is 16.6 Å². The molecule has 1 aromatic heterocycles. The molecule has 0 bridgehead atoms. The van der Waals surface area contributed by atoms with Gasteiger partial charge in [-0.05, 0) is 26.7 Å². The summed E-state index contributed by atoms with van der Waals surface area (Å²) < 4.78 is 28.9. The Hall–Kier alpha value is -0.920. The minimum absolute atomic E-state index is 0.341. The van der Waals surface area contributed by atoms with Crippen LogP contribution in [0, 0.1) is 13.8 Å². The smallest absolute Gasteiger partial charge is 0.246 e. The molecule has 0 aromatic carbocycles. The van der Waals surface area contributed by atoms with Crippen LogP contribution >= 0.6 is 0 Å². The molecule has 1 aromatic rings. The molecule has 116 valence electrons. The first-order valence-electron chi connectivity index (χ1n) is 7.14. The van der Waals surface area contributed by atoms with E-state index in [1.165, 1.54) is 0 Å². The summed E-state index contributed by atoms with van der Waals surface area (Å²) in [5.74, 6) is 0. The monoisotopic (exact) mass is 302 g/mol. The maximum Gasteiger partial charge on any atom is 0.246 e. The molecule has 2 N–H and O–H groups in total. The molecule has 0 unspecified atom stereocenters. The summed E-state index contributed by atoms with van der Waals surface area (Å²) in [5.41, 5.74) is 6.75. The fraction of sp³-hybridized carbons (Fsp3) is 0.769. The molecule has 1 heterocycles. The van der Waals surface area contributed by atoms with Crippen LogP contribution in [-0.4, -0.2) is 42.1 Å². The second-order valence-corrected chi connectivity index (χ2v) is 6.79. The fourth-order valence-electron chi connectivity index (χ4n) is 2.37. The summed E-state index contributed by atoms with van der Waals surface area (Å²) in [6.45, 7) is 9.54. The van der Waals surface area contributed by atoms with Crippen molar-refractivity contribution >= 4 is 10.0 Å². The van der Waals surface area contributed by atoms with E-state index in [0.29, 0.717) is 42.5 Å². The summed E-state index contributed by atoms with van der Waals surface area (Å²) in [7, 11) is -3.48. The van der Waals surface area contributed by atoms with Gasteiger partial charge in [0.05, 0.1) is 17.9 Å². The van der Waals surface area contributed by atoms with Gasteiger partial charge in [-0.25, -0.2) is 8.42 Å². The minimum Gasteiger partial charge on any atom is -0.329 e. The molecular formula is C13H26N4O2S. The third-order valence-electron chi connectivity index (χ3n) is 3.20. The van der Waals surface area contributed by atoms with Crippen LogP contribution in [0.25, 0.3) is 0 Å². The first-order chi connectivity index (χ1) is 9.39. The molecule has 0 atom stereocenters. The van der Waals surface area contributed by atoms with Gasteiger partial charge in [-0.1, -0.05) is 13.8 Å². The van der Waals surface area contributed by atoms with Crippen molar-refractivity contribution in [1.29, 1.82) is 0 Å². The van der Waals surface area contributed by atoms with Gasteiger partial charge in [0.1, 0.15) is 4.90 Å². The largest absolute Gasteiger partial charge is 0.329 e. The van der Waals surface area contributed by atoms with Crippen molar-refractivity contribution in [3.05, 3.63) is 11.4 Å². The zero-order chi connectivity index (χ0) is 15.3. The Morgan fingerprint density at radius 2 is 1.75 bits per heavy atom. The fourth-order valence-corrected chi connectivity index (χ4v) is 4.37. The van der Waals surface area contributed by atoms with Crippen LogP contribution in [0.5, 0.6) is 0 Å². The van der Waals surface area contributed by atoms with E-state index in [1.54, 1.807) is 22.8 Å². The molecular weight excluding hydrogens is 276 g/mol. The van der Waals surface area contributed by atoms with Gasteiger partial charge in [-0.3, -0.25) is 4.68 Å². The minimum atomic E-state index is -3.48. The van der Waals surface area contributed by atoms with Crippen molar-refractivity contribution in [2.45, 2.75) is 52.0 Å². The van der Waals surface area contributed by atoms with Gasteiger partial charge in [0, 0.05) is 19.6 Å². The summed E-state index contributed by atoms with van der Waals surface area (Å²) in [4.78, 5) is 0.341. The van der Waals surface area contributed by atoms with Crippen molar-refractivity contribution in [3.63, 3.8) is 0 Å². The highest BCUT2D eigenvalue weighted by atomic mass is 32.2. The van der Waals surface area contributed by atoms with Crippen LogP contribution in [0.4, 0.5) is 0 Å². The number of sulfonamides is 1. The van der Waals surface area contributed by atoms with E-state index in [-0.39, 0.29) is 0 Å². The SMILES string of the molecule is CCCN(CCC)S(=O)(=O)c1c(C)nn(CCN)c1C. The summed E-state index contributed by atoms with van der Waals surface area (Å²) in [6, 6.07) is 0. The van der Waals surface area contributed by atoms with Crippen LogP contribution in [0.2, 0.25) is 0 Å². The molecule has 0 saturated carbocycles. The van der Waals surface area contributed by atoms with Gasteiger partial charge >= 0.3 is 0 Å². The lowest BCUT2D eigenvalue weighted by Gasteiger charge is -2.21. The van der Waals surface area contributed by atoms with Gasteiger partial charge in [0.25, 0.3) is 0 Å². The molecule has 1 rings (SSSR count). The molecule has 0 fully saturated rings. The van der Waals surface area contributed by atoms with E-state index in [9.17, 15) is 8.42 Å². The van der Waals surface area contributed by atoms with Gasteiger partial charge in [-0.15, -0.1) is 0 Å². The maximum atomic E-state index is 12.8. The lowest BCUT2D eigenvalue weighted by Crippen LogP contribution is -2.33. The van der Waals surface area contributed by atoms with Crippen LogP contribution in [0.3, 0.4) is 0 Å². The number of nitrogens with two attached hydrogens (primary N) is 1. The van der Waals surface area contributed by atoms with Gasteiger partial charge in [0.15, 0.2) is 0 Å². The molecule has 6 nitrogen and oxygen atoms in total. The Morgan fingerprint density at radius 1 is 1.20 bits per heavy atom. The molecule has 0 aliphatic rings. The van der Waals surface area contributed by atoms with Crippen molar-refractivity contribution in [2.75, 3.05) is 19.6 Å². The Morgan fingerprint density at radius 3 is 2.20 bits per heavy atom. The van der Waals surface area contributed by atoms with Crippen molar-refractivity contribution < 1.29 is 8.42 Å². The number of hydrogen-bond acceptors (Lipinski definition) is 4. The van der Waals surface area contributed by atoms with Gasteiger partial charge in [-0.2, -0.15) is 9.40 Å². The predicted octanol–water partition coefficient (Wildman–Crippen LogP) is 1.27. The lowest BCUT2D eigenvalue weighted by atomic mass is 10.4. The Bertz CT molecular complexity index is 531. The van der Waals surface area contributed by atoms with Gasteiger partial charge < -0.3 is 5.73 Å². The molecule has 7 heteroatoms. The maximum absolute atomic E-state index is 12.8. The first-order valence-corrected chi connectivity index (χ1v) is 8.58. The second kappa shape index (κ2) is 7.19. The highest BCUT2D eigenvalue weighted by Gasteiger charge is 2.29. The average Bonchev–Trinajstić information content (AvgIpc) is 2.65. The predicted molar refractivity (Wildman–Crippen MR) is 80.1 cm³/mol. The summed E-state index contributed by atoms with van der Waals surface area (Å²) in [6.07, 6.45) is 1.60. The van der Waals surface area contributed by atoms with E-state index >= 15 is 0 Å². The third kappa shape index (κ3) is 3.39. The topological polar surface area (TPSA) is 81.2 Å². The van der Waals surface area contributed by atoms with Crippen LogP contribution in [0.15, 0.2) is 4.90 Å². The zero-order valence-electron chi connectivity index (χ0n) is 12.9. The quantitative estimate of drug-likeness (QED) is 0.784. The molecule has 0 amide bonds. The Kier molecular flexibility index (Phi) is 6.16. The second-order valence-electron chi connectivity index (χ2n) is 4.92. The number of nitrogens with zero attached hydrogens (tertiary/aromatic N) is 3. The molecule has 0 aliphatic carbocycles. The Labute approximate surface area is 122 Å². The highest BCUT2D eigenvalue weighted by molar-refractivity contribution is 7.89. The van der Waals surface area contributed by atoms with E-state index in [2.05, 4.69) is 5.10 Å². The van der Waals surface area contributed by atoms with Gasteiger partial charge in [0.2, 0.25) is 10.0 Å². The first kappa shape index (κ1) is 17.1. The molecule has 0 aliphatic heterocycles. The molecule has 20 heavy (non-hydrogen) atoms. The van der Waals surface area contributed by atoms with Crippen LogP contribution in [0.1, 0.15) is 38.1 Å². The van der Waals surface area contributed by atoms with Crippen LogP contribution < -0.4 is 5.73 Å². The van der Waals surface area contributed by atoms with E-state index < -0.39 is 10.0 Å². The number of rotatable bonds is 8. The standard InChI is InChI=1S/C13H26N4O2S/c1-5-8-16(9-6-2)20(18,19)13-11(3)15-17(10-7-14)12(13)4/h5-10,14H2,1-4H3. The van der Waals surface area contributed by atoms with E-state index in [1.807, 2.05) is 13.8 Å². The Balaban J connectivity index is 3.26. The number of aryl methyl sites for hydroxylation is 1. The third-order valence-corrected chi connectivity index (χ3v) is 5.35. The highest BCUT2D eigenvalue weighted by Crippen LogP contribution is 2.23. The van der Waals surface area contributed by atoms with Crippen molar-refractivity contribution in [2.24, 2.45) is 5.73 Å². The van der Waals surface area contributed by atoms with Crippen molar-refractivity contribution in [3.8, 4) is 0 Å². The molecule has 0 spiro atoms. The average molecular weight is 302 g/mol. The van der Waals surface area contributed by atoms with Crippen molar-refractivity contribution in [1.82, 2.24) is 14.1 Å². The van der Waals surface area contributed by atoms with E-state index in [0.717, 1.165) is 12.8 Å². The zero-order valence-corrected chi connectivity index (χ0v) is 13.7. The lowest BCUT2D eigenvalue weighted by molar-refractivity contribution is 0.409. The molecule has 0 radical (unpaired) electrons.